The Morgan fingerprint density at radius 1 is 1.65 bits per heavy atom. The van der Waals surface area contributed by atoms with Crippen molar-refractivity contribution in [1.29, 1.82) is 0 Å². The first-order chi connectivity index (χ1) is 9.45. The van der Waals surface area contributed by atoms with Crippen LogP contribution in [-0.4, -0.2) is 15.3 Å². The molecular weight excluding hydrogens is 260 g/mol. The topological polar surface area (TPSA) is 119 Å². The largest absolute Gasteiger partial charge is 0.383 e. The summed E-state index contributed by atoms with van der Waals surface area (Å²) in [6, 6.07) is 1.54. The van der Waals surface area contributed by atoms with Gasteiger partial charge < -0.3 is 10.5 Å². The van der Waals surface area contributed by atoms with Crippen LogP contribution in [0.5, 0.6) is 0 Å². The van der Waals surface area contributed by atoms with Gasteiger partial charge in [0.25, 0.3) is 0 Å². The van der Waals surface area contributed by atoms with Crippen LogP contribution in [0.4, 0.5) is 5.82 Å². The van der Waals surface area contributed by atoms with Gasteiger partial charge in [0.15, 0.2) is 5.72 Å². The fraction of sp³-hybridized carbons (Fsp3) is 0.667. The highest BCUT2D eigenvalue weighted by Gasteiger charge is 2.50. The maximum Gasteiger partial charge on any atom is 0.351 e. The van der Waals surface area contributed by atoms with Crippen LogP contribution < -0.4 is 11.4 Å². The molecule has 0 spiro atoms. The highest BCUT2D eigenvalue weighted by molar-refractivity contribution is 5.23. The van der Waals surface area contributed by atoms with Gasteiger partial charge in [0.1, 0.15) is 12.0 Å². The SMILES string of the molecule is CC[C@@]1(N=[N+]=[N-])O[C@@H](n2ccc(N)nc2=O)[C@@H](C)[C@@H]1C. The molecule has 0 bridgehead atoms. The monoisotopic (exact) mass is 278 g/mol. The normalized spacial score (nSPS) is 32.9. The molecule has 8 heteroatoms. The van der Waals surface area contributed by atoms with Gasteiger partial charge in [0, 0.05) is 17.0 Å². The molecule has 4 atom stereocenters. The minimum atomic E-state index is -0.931. The maximum absolute atomic E-state index is 11.9. The van der Waals surface area contributed by atoms with E-state index in [1.807, 2.05) is 20.8 Å². The van der Waals surface area contributed by atoms with Crippen molar-refractivity contribution in [2.24, 2.45) is 17.0 Å². The van der Waals surface area contributed by atoms with E-state index < -0.39 is 17.6 Å². The lowest BCUT2D eigenvalue weighted by molar-refractivity contribution is -0.0858. The molecule has 0 unspecified atom stereocenters. The zero-order chi connectivity index (χ0) is 14.9. The Labute approximate surface area is 116 Å². The molecule has 1 aromatic heterocycles. The first-order valence-electron chi connectivity index (χ1n) is 6.54. The fourth-order valence-corrected chi connectivity index (χ4v) is 2.68. The van der Waals surface area contributed by atoms with Gasteiger partial charge in [-0.25, -0.2) is 4.79 Å². The van der Waals surface area contributed by atoms with E-state index >= 15 is 0 Å². The molecule has 0 saturated carbocycles. The van der Waals surface area contributed by atoms with Crippen LogP contribution in [0.2, 0.25) is 0 Å². The van der Waals surface area contributed by atoms with E-state index in [-0.39, 0.29) is 17.7 Å². The van der Waals surface area contributed by atoms with Crippen molar-refractivity contribution in [1.82, 2.24) is 9.55 Å². The second-order valence-corrected chi connectivity index (χ2v) is 5.09. The summed E-state index contributed by atoms with van der Waals surface area (Å²) in [4.78, 5) is 18.5. The number of azide groups is 1. The van der Waals surface area contributed by atoms with Gasteiger partial charge in [-0.2, -0.15) is 4.98 Å². The second-order valence-electron chi connectivity index (χ2n) is 5.09. The summed E-state index contributed by atoms with van der Waals surface area (Å²) in [5, 5.41) is 3.83. The number of hydrogen-bond donors (Lipinski definition) is 1. The minimum absolute atomic E-state index is 0.00331. The summed E-state index contributed by atoms with van der Waals surface area (Å²) >= 11 is 0. The lowest BCUT2D eigenvalue weighted by atomic mass is 9.87. The number of nitrogens with zero attached hydrogens (tertiary/aromatic N) is 5. The van der Waals surface area contributed by atoms with E-state index in [1.54, 1.807) is 12.3 Å². The van der Waals surface area contributed by atoms with E-state index in [2.05, 4.69) is 15.0 Å². The van der Waals surface area contributed by atoms with Crippen molar-refractivity contribution in [2.45, 2.75) is 39.1 Å². The zero-order valence-corrected chi connectivity index (χ0v) is 11.7. The van der Waals surface area contributed by atoms with Gasteiger partial charge in [-0.1, -0.05) is 25.9 Å². The third kappa shape index (κ3) is 2.13. The van der Waals surface area contributed by atoms with E-state index in [1.165, 1.54) is 4.57 Å². The molecule has 20 heavy (non-hydrogen) atoms. The van der Waals surface area contributed by atoms with Crippen molar-refractivity contribution < 1.29 is 4.74 Å². The number of aromatic nitrogens is 2. The molecule has 0 aliphatic carbocycles. The van der Waals surface area contributed by atoms with Gasteiger partial charge in [-0.3, -0.25) is 4.57 Å². The summed E-state index contributed by atoms with van der Waals surface area (Å²) in [6.45, 7) is 5.81. The zero-order valence-electron chi connectivity index (χ0n) is 11.7. The van der Waals surface area contributed by atoms with Crippen molar-refractivity contribution in [3.05, 3.63) is 33.2 Å². The molecule has 8 nitrogen and oxygen atoms in total. The smallest absolute Gasteiger partial charge is 0.351 e. The summed E-state index contributed by atoms with van der Waals surface area (Å²) in [7, 11) is 0. The Morgan fingerprint density at radius 2 is 2.35 bits per heavy atom. The average molecular weight is 278 g/mol. The molecule has 0 amide bonds. The Hall–Kier alpha value is -2.05. The highest BCUT2D eigenvalue weighted by Crippen LogP contribution is 2.47. The number of ether oxygens (including phenoxy) is 1. The van der Waals surface area contributed by atoms with Crippen LogP contribution in [0.25, 0.3) is 10.4 Å². The van der Waals surface area contributed by atoms with Crippen LogP contribution >= 0.6 is 0 Å². The Balaban J connectivity index is 2.45. The molecule has 1 aliphatic rings. The van der Waals surface area contributed by atoms with E-state index in [0.717, 1.165) is 0 Å². The van der Waals surface area contributed by atoms with Crippen LogP contribution in [0.3, 0.4) is 0 Å². The van der Waals surface area contributed by atoms with Crippen LogP contribution in [0, 0.1) is 11.8 Å². The number of anilines is 1. The lowest BCUT2D eigenvalue weighted by Crippen LogP contribution is -2.32. The van der Waals surface area contributed by atoms with Crippen LogP contribution in [0.1, 0.15) is 33.4 Å². The van der Waals surface area contributed by atoms with E-state index in [0.29, 0.717) is 6.42 Å². The second kappa shape index (κ2) is 5.15. The van der Waals surface area contributed by atoms with Crippen molar-refractivity contribution in [2.75, 3.05) is 5.73 Å². The molecule has 108 valence electrons. The molecule has 2 N–H and O–H groups in total. The molecule has 1 aromatic rings. The molecule has 0 radical (unpaired) electrons. The fourth-order valence-electron chi connectivity index (χ4n) is 2.68. The molecule has 1 aliphatic heterocycles. The Morgan fingerprint density at radius 3 is 2.90 bits per heavy atom. The summed E-state index contributed by atoms with van der Waals surface area (Å²) in [5.41, 5.74) is 12.8. The van der Waals surface area contributed by atoms with E-state index in [4.69, 9.17) is 16.0 Å². The average Bonchev–Trinajstić information content (AvgIpc) is 2.65. The minimum Gasteiger partial charge on any atom is -0.383 e. The summed E-state index contributed by atoms with van der Waals surface area (Å²) < 4.78 is 7.32. The highest BCUT2D eigenvalue weighted by atomic mass is 16.5. The van der Waals surface area contributed by atoms with Gasteiger partial charge in [-0.15, -0.1) is 0 Å². The van der Waals surface area contributed by atoms with Crippen molar-refractivity contribution in [3.8, 4) is 0 Å². The quantitative estimate of drug-likeness (QED) is 0.516. The third-order valence-corrected chi connectivity index (χ3v) is 4.12. The molecule has 1 fully saturated rings. The van der Waals surface area contributed by atoms with E-state index in [9.17, 15) is 4.79 Å². The van der Waals surface area contributed by atoms with Gasteiger partial charge in [0.05, 0.1) is 0 Å². The van der Waals surface area contributed by atoms with Gasteiger partial charge in [0.2, 0.25) is 0 Å². The Bertz CT molecular complexity index is 608. The summed E-state index contributed by atoms with van der Waals surface area (Å²) in [5.74, 6) is 0.156. The first kappa shape index (κ1) is 14.4. The Kier molecular flexibility index (Phi) is 3.69. The first-order valence-corrected chi connectivity index (χ1v) is 6.54. The number of rotatable bonds is 3. The molecule has 0 aromatic carbocycles. The number of nitrogen functional groups attached to an aromatic ring is 1. The molecule has 2 rings (SSSR count). The lowest BCUT2D eigenvalue weighted by Gasteiger charge is -2.26. The third-order valence-electron chi connectivity index (χ3n) is 4.12. The molecule has 1 saturated heterocycles. The van der Waals surface area contributed by atoms with Crippen molar-refractivity contribution >= 4 is 5.82 Å². The predicted octanol–water partition coefficient (Wildman–Crippen LogP) is 2.04. The van der Waals surface area contributed by atoms with Gasteiger partial charge in [-0.05, 0) is 23.9 Å². The molecule has 2 heterocycles. The van der Waals surface area contributed by atoms with Crippen molar-refractivity contribution in [3.63, 3.8) is 0 Å². The predicted molar refractivity (Wildman–Crippen MR) is 73.5 cm³/mol. The summed E-state index contributed by atoms with van der Waals surface area (Å²) in [6.07, 6.45) is 1.58. The van der Waals surface area contributed by atoms with Crippen LogP contribution in [0.15, 0.2) is 22.2 Å². The number of hydrogen-bond acceptors (Lipinski definition) is 5. The number of nitrogens with two attached hydrogens (primary N) is 1. The van der Waals surface area contributed by atoms with Gasteiger partial charge >= 0.3 is 5.69 Å². The molecular formula is C12H18N6O2. The van der Waals surface area contributed by atoms with Crippen LogP contribution in [-0.2, 0) is 4.74 Å². The standard InChI is InChI=1S/C12H18N6O2/c1-4-12(16-17-14)8(3)7(2)10(20-12)18-6-5-9(13)15-11(18)19/h5-8,10H,4H2,1-3H3,(H2,13,15,19)/t7-,8-,10+,12+/m0/s1. The maximum atomic E-state index is 11.9.